The van der Waals surface area contributed by atoms with Gasteiger partial charge in [0.05, 0.1) is 10.4 Å². The van der Waals surface area contributed by atoms with Crippen LogP contribution in [0.1, 0.15) is 34.8 Å². The van der Waals surface area contributed by atoms with Crippen LogP contribution in [-0.4, -0.2) is 27.0 Å². The number of aromatic nitrogens is 1. The maximum atomic E-state index is 11.1. The Balaban J connectivity index is 2.14. The first-order valence-electron chi connectivity index (χ1n) is 6.51. The quantitative estimate of drug-likeness (QED) is 0.887. The first-order chi connectivity index (χ1) is 9.58. The van der Waals surface area contributed by atoms with Crippen molar-refractivity contribution < 1.29 is 9.90 Å². The molecule has 106 valence electrons. The van der Waals surface area contributed by atoms with Crippen molar-refractivity contribution in [3.63, 3.8) is 0 Å². The normalized spacial score (nSPS) is 11.2. The van der Waals surface area contributed by atoms with Crippen molar-refractivity contribution in [2.45, 2.75) is 33.0 Å². The Morgan fingerprint density at radius 2 is 2.00 bits per heavy atom. The Hall–Kier alpha value is -1.72. The van der Waals surface area contributed by atoms with Crippen LogP contribution in [-0.2, 0) is 13.1 Å². The Labute approximate surface area is 122 Å². The largest absolute Gasteiger partial charge is 0.476 e. The molecule has 0 saturated heterocycles. The minimum atomic E-state index is -0.954. The zero-order chi connectivity index (χ0) is 14.5. The maximum Gasteiger partial charge on any atom is 0.355 e. The van der Waals surface area contributed by atoms with E-state index in [1.807, 2.05) is 18.2 Å². The highest BCUT2D eigenvalue weighted by Crippen LogP contribution is 2.19. The Morgan fingerprint density at radius 1 is 1.30 bits per heavy atom. The second-order valence-corrected chi connectivity index (χ2v) is 5.85. The predicted octanol–water partition coefficient (Wildman–Crippen LogP) is 3.25. The molecule has 0 fully saturated rings. The third-order valence-electron chi connectivity index (χ3n) is 3.15. The zero-order valence-electron chi connectivity index (χ0n) is 11.6. The van der Waals surface area contributed by atoms with E-state index in [0.29, 0.717) is 12.6 Å². The molecule has 2 rings (SSSR count). The smallest absolute Gasteiger partial charge is 0.355 e. The molecule has 0 amide bonds. The second-order valence-electron chi connectivity index (χ2n) is 4.91. The van der Waals surface area contributed by atoms with E-state index in [9.17, 15) is 4.79 Å². The highest BCUT2D eigenvalue weighted by atomic mass is 32.1. The van der Waals surface area contributed by atoms with Gasteiger partial charge >= 0.3 is 5.97 Å². The lowest BCUT2D eigenvalue weighted by atomic mass is 10.2. The van der Waals surface area contributed by atoms with Crippen molar-refractivity contribution >= 4 is 17.3 Å². The average molecular weight is 290 g/mol. The van der Waals surface area contributed by atoms with Gasteiger partial charge in [-0.1, -0.05) is 30.3 Å². The van der Waals surface area contributed by atoms with Gasteiger partial charge in [-0.25, -0.2) is 9.78 Å². The molecule has 20 heavy (non-hydrogen) atoms. The molecule has 0 aliphatic carbocycles. The lowest BCUT2D eigenvalue weighted by Gasteiger charge is -2.26. The SMILES string of the molecule is CC(C)N(Cc1ccccc1)Cc1scnc1C(=O)O. The second kappa shape index (κ2) is 6.63. The van der Waals surface area contributed by atoms with Gasteiger partial charge < -0.3 is 5.11 Å². The van der Waals surface area contributed by atoms with Crippen LogP contribution >= 0.6 is 11.3 Å². The number of hydrogen-bond donors (Lipinski definition) is 1. The maximum absolute atomic E-state index is 11.1. The van der Waals surface area contributed by atoms with Crippen LogP contribution in [0.25, 0.3) is 0 Å². The molecule has 0 saturated carbocycles. The Kier molecular flexibility index (Phi) is 4.87. The number of rotatable bonds is 6. The molecular formula is C15H18N2O2S. The molecule has 5 heteroatoms. The molecule has 0 radical (unpaired) electrons. The van der Waals surface area contributed by atoms with Crippen LogP contribution in [0.15, 0.2) is 35.8 Å². The molecule has 0 spiro atoms. The summed E-state index contributed by atoms with van der Waals surface area (Å²) in [6.07, 6.45) is 0. The standard InChI is InChI=1S/C15H18N2O2S/c1-11(2)17(8-12-6-4-3-5-7-12)9-13-14(15(18)19)16-10-20-13/h3-7,10-11H,8-9H2,1-2H3,(H,18,19). The topological polar surface area (TPSA) is 53.4 Å². The summed E-state index contributed by atoms with van der Waals surface area (Å²) in [7, 11) is 0. The summed E-state index contributed by atoms with van der Waals surface area (Å²) >= 11 is 1.40. The number of hydrogen-bond acceptors (Lipinski definition) is 4. The average Bonchev–Trinajstić information content (AvgIpc) is 2.87. The fraction of sp³-hybridized carbons (Fsp3) is 0.333. The third-order valence-corrected chi connectivity index (χ3v) is 3.97. The summed E-state index contributed by atoms with van der Waals surface area (Å²) in [4.78, 5) is 18.1. The number of benzene rings is 1. The van der Waals surface area contributed by atoms with Crippen LogP contribution in [0.4, 0.5) is 0 Å². The molecule has 1 heterocycles. The Bertz CT molecular complexity index is 566. The van der Waals surface area contributed by atoms with Crippen LogP contribution in [0.5, 0.6) is 0 Å². The minimum absolute atomic E-state index is 0.175. The van der Waals surface area contributed by atoms with Gasteiger partial charge in [0.15, 0.2) is 5.69 Å². The van der Waals surface area contributed by atoms with Crippen LogP contribution in [0.2, 0.25) is 0 Å². The number of aromatic carboxylic acids is 1. The number of carboxylic acids is 1. The van der Waals surface area contributed by atoms with Crippen molar-refractivity contribution in [1.29, 1.82) is 0 Å². The summed E-state index contributed by atoms with van der Waals surface area (Å²) in [5, 5.41) is 9.12. The number of nitrogens with zero attached hydrogens (tertiary/aromatic N) is 2. The fourth-order valence-corrected chi connectivity index (χ4v) is 2.76. The fourth-order valence-electron chi connectivity index (χ4n) is 1.98. The van der Waals surface area contributed by atoms with Crippen molar-refractivity contribution in [2.75, 3.05) is 0 Å². The molecule has 0 bridgehead atoms. The summed E-state index contributed by atoms with van der Waals surface area (Å²) in [5.41, 5.74) is 3.00. The van der Waals surface area contributed by atoms with Gasteiger partial charge in [-0.15, -0.1) is 11.3 Å². The van der Waals surface area contributed by atoms with E-state index in [1.165, 1.54) is 16.9 Å². The number of thiazole rings is 1. The number of carbonyl (C=O) groups is 1. The number of carboxylic acid groups (broad SMARTS) is 1. The molecule has 0 atom stereocenters. The third kappa shape index (κ3) is 3.65. The van der Waals surface area contributed by atoms with E-state index < -0.39 is 5.97 Å². The van der Waals surface area contributed by atoms with E-state index in [-0.39, 0.29) is 5.69 Å². The summed E-state index contributed by atoms with van der Waals surface area (Å²) in [6, 6.07) is 10.5. The highest BCUT2D eigenvalue weighted by Gasteiger charge is 2.18. The van der Waals surface area contributed by atoms with Crippen molar-refractivity contribution in [1.82, 2.24) is 9.88 Å². The van der Waals surface area contributed by atoms with Crippen LogP contribution in [0.3, 0.4) is 0 Å². The lowest BCUT2D eigenvalue weighted by Crippen LogP contribution is -2.30. The molecule has 1 aromatic carbocycles. The van der Waals surface area contributed by atoms with Crippen molar-refractivity contribution in [3.05, 3.63) is 52.0 Å². The minimum Gasteiger partial charge on any atom is -0.476 e. The predicted molar refractivity (Wildman–Crippen MR) is 79.9 cm³/mol. The van der Waals surface area contributed by atoms with E-state index in [2.05, 4.69) is 35.9 Å². The molecule has 0 aliphatic rings. The Morgan fingerprint density at radius 3 is 2.60 bits per heavy atom. The first-order valence-corrected chi connectivity index (χ1v) is 7.39. The molecular weight excluding hydrogens is 272 g/mol. The van der Waals surface area contributed by atoms with Gasteiger partial charge in [0, 0.05) is 19.1 Å². The summed E-state index contributed by atoms with van der Waals surface area (Å²) < 4.78 is 0. The summed E-state index contributed by atoms with van der Waals surface area (Å²) in [6.45, 7) is 5.64. The monoisotopic (exact) mass is 290 g/mol. The summed E-state index contributed by atoms with van der Waals surface area (Å²) in [5.74, 6) is -0.954. The van der Waals surface area contributed by atoms with Gasteiger partial charge in [-0.2, -0.15) is 0 Å². The van der Waals surface area contributed by atoms with Crippen molar-refractivity contribution in [3.8, 4) is 0 Å². The van der Waals surface area contributed by atoms with Gasteiger partial charge in [0.2, 0.25) is 0 Å². The van der Waals surface area contributed by atoms with E-state index in [0.717, 1.165) is 11.4 Å². The van der Waals surface area contributed by atoms with Gasteiger partial charge in [-0.3, -0.25) is 4.90 Å². The molecule has 4 nitrogen and oxygen atoms in total. The van der Waals surface area contributed by atoms with Gasteiger partial charge in [0.1, 0.15) is 0 Å². The zero-order valence-corrected chi connectivity index (χ0v) is 12.4. The molecule has 1 N–H and O–H groups in total. The van der Waals surface area contributed by atoms with Gasteiger partial charge in [0.25, 0.3) is 0 Å². The van der Waals surface area contributed by atoms with E-state index >= 15 is 0 Å². The van der Waals surface area contributed by atoms with E-state index in [1.54, 1.807) is 5.51 Å². The molecule has 0 unspecified atom stereocenters. The highest BCUT2D eigenvalue weighted by molar-refractivity contribution is 7.09. The van der Waals surface area contributed by atoms with E-state index in [4.69, 9.17) is 5.11 Å². The van der Waals surface area contributed by atoms with Crippen LogP contribution < -0.4 is 0 Å². The van der Waals surface area contributed by atoms with Gasteiger partial charge in [-0.05, 0) is 19.4 Å². The lowest BCUT2D eigenvalue weighted by molar-refractivity contribution is 0.0688. The molecule has 2 aromatic rings. The van der Waals surface area contributed by atoms with Crippen molar-refractivity contribution in [2.24, 2.45) is 0 Å². The van der Waals surface area contributed by atoms with Crippen LogP contribution in [0, 0.1) is 0 Å². The first kappa shape index (κ1) is 14.7. The molecule has 1 aromatic heterocycles. The molecule has 0 aliphatic heterocycles.